The van der Waals surface area contributed by atoms with Gasteiger partial charge in [0.15, 0.2) is 5.78 Å². The van der Waals surface area contributed by atoms with E-state index in [9.17, 15) is 4.79 Å². The van der Waals surface area contributed by atoms with E-state index in [0.717, 1.165) is 0 Å². The van der Waals surface area contributed by atoms with Crippen molar-refractivity contribution in [1.82, 2.24) is 0 Å². The number of azide groups is 1. The molecular formula is C6H11N3O5. The van der Waals surface area contributed by atoms with Gasteiger partial charge in [0.25, 0.3) is 0 Å². The summed E-state index contributed by atoms with van der Waals surface area (Å²) in [6.45, 7) is -1.40. The molecule has 14 heavy (non-hydrogen) atoms. The predicted octanol–water partition coefficient (Wildman–Crippen LogP) is -2.06. The third-order valence-electron chi connectivity index (χ3n) is 1.54. The molecule has 0 spiro atoms. The molecule has 0 amide bonds. The molecule has 0 radical (unpaired) electrons. The quantitative estimate of drug-likeness (QED) is 0.223. The predicted molar refractivity (Wildman–Crippen MR) is 44.1 cm³/mol. The number of ketones is 1. The number of rotatable bonds is 6. The summed E-state index contributed by atoms with van der Waals surface area (Å²) in [5.74, 6) is -1.02. The van der Waals surface area contributed by atoms with Gasteiger partial charge in [0, 0.05) is 4.91 Å². The summed E-state index contributed by atoms with van der Waals surface area (Å²) in [6.07, 6.45) is -5.21. The Balaban J connectivity index is 4.22. The largest absolute Gasteiger partial charge is 0.390 e. The van der Waals surface area contributed by atoms with Gasteiger partial charge in [-0.2, -0.15) is 0 Å². The molecule has 0 aromatic rings. The highest BCUT2D eigenvalue weighted by molar-refractivity contribution is 5.84. The number of aliphatic hydroxyl groups excluding tert-OH is 4. The molecule has 0 unspecified atom stereocenters. The minimum absolute atomic E-state index is 0.465. The molecule has 0 aliphatic carbocycles. The minimum Gasteiger partial charge on any atom is -0.390 e. The molecule has 8 nitrogen and oxygen atoms in total. The van der Waals surface area contributed by atoms with Crippen molar-refractivity contribution in [2.24, 2.45) is 5.11 Å². The van der Waals surface area contributed by atoms with Gasteiger partial charge < -0.3 is 20.4 Å². The van der Waals surface area contributed by atoms with E-state index in [1.807, 2.05) is 0 Å². The normalized spacial score (nSPS) is 16.6. The zero-order valence-electron chi connectivity index (χ0n) is 7.19. The molecule has 0 fully saturated rings. The van der Waals surface area contributed by atoms with Crippen molar-refractivity contribution in [3.63, 3.8) is 0 Å². The van der Waals surface area contributed by atoms with Gasteiger partial charge in [0.2, 0.25) is 0 Å². The second kappa shape index (κ2) is 6.30. The number of hydrogen-bond acceptors (Lipinski definition) is 6. The van der Waals surface area contributed by atoms with Gasteiger partial charge in [-0.15, -0.1) is 0 Å². The number of carbonyl (C=O) groups excluding carboxylic acids is 1. The zero-order valence-corrected chi connectivity index (χ0v) is 7.19. The van der Waals surface area contributed by atoms with Crippen LogP contribution in [0.1, 0.15) is 0 Å². The fraction of sp³-hybridized carbons (Fsp3) is 0.833. The molecule has 80 valence electrons. The average Bonchev–Trinajstić information content (AvgIpc) is 2.22. The highest BCUT2D eigenvalue weighted by atomic mass is 16.4. The first-order chi connectivity index (χ1) is 6.54. The lowest BCUT2D eigenvalue weighted by atomic mass is 10.1. The first kappa shape index (κ1) is 12.8. The van der Waals surface area contributed by atoms with Crippen molar-refractivity contribution >= 4 is 5.78 Å². The Hall–Kier alpha value is -1.18. The lowest BCUT2D eigenvalue weighted by molar-refractivity contribution is -0.140. The van der Waals surface area contributed by atoms with E-state index >= 15 is 0 Å². The average molecular weight is 205 g/mol. The second-order valence-corrected chi connectivity index (χ2v) is 2.54. The van der Waals surface area contributed by atoms with Gasteiger partial charge in [-0.1, -0.05) is 5.11 Å². The van der Waals surface area contributed by atoms with E-state index in [-0.39, 0.29) is 0 Å². The number of hydrogen-bond donors (Lipinski definition) is 4. The number of Topliss-reactive ketones (excluding diaryl/α,β-unsaturated/α-hetero) is 1. The van der Waals surface area contributed by atoms with Crippen molar-refractivity contribution in [2.45, 2.75) is 18.3 Å². The molecule has 0 aromatic heterocycles. The Kier molecular flexibility index (Phi) is 5.77. The van der Waals surface area contributed by atoms with Crippen molar-refractivity contribution in [1.29, 1.82) is 0 Å². The highest BCUT2D eigenvalue weighted by Gasteiger charge is 2.28. The van der Waals surface area contributed by atoms with E-state index < -0.39 is 37.2 Å². The fourth-order valence-electron chi connectivity index (χ4n) is 0.723. The molecule has 0 aromatic carbocycles. The number of carbonyl (C=O) groups is 1. The summed E-state index contributed by atoms with van der Waals surface area (Å²) >= 11 is 0. The summed E-state index contributed by atoms with van der Waals surface area (Å²) < 4.78 is 0. The van der Waals surface area contributed by atoms with Crippen LogP contribution in [0.15, 0.2) is 5.11 Å². The van der Waals surface area contributed by atoms with Crippen LogP contribution in [0.2, 0.25) is 0 Å². The molecule has 0 bridgehead atoms. The topological polar surface area (TPSA) is 147 Å². The Labute approximate surface area is 79.0 Å². The smallest absolute Gasteiger partial charge is 0.189 e. The van der Waals surface area contributed by atoms with Gasteiger partial charge in [0.05, 0.1) is 12.6 Å². The first-order valence-corrected chi connectivity index (χ1v) is 3.73. The third-order valence-corrected chi connectivity index (χ3v) is 1.54. The molecule has 0 heterocycles. The summed E-state index contributed by atoms with van der Waals surface area (Å²) in [7, 11) is 0. The summed E-state index contributed by atoms with van der Waals surface area (Å²) in [4.78, 5) is 13.0. The summed E-state index contributed by atoms with van der Waals surface area (Å²) in [5.41, 5.74) is 7.89. The van der Waals surface area contributed by atoms with Gasteiger partial charge in [-0.05, 0) is 5.53 Å². The lowest BCUT2D eigenvalue weighted by Gasteiger charge is -2.19. The van der Waals surface area contributed by atoms with E-state index in [2.05, 4.69) is 10.0 Å². The molecule has 3 atom stereocenters. The van der Waals surface area contributed by atoms with Gasteiger partial charge in [-0.3, -0.25) is 4.79 Å². The molecule has 0 saturated carbocycles. The van der Waals surface area contributed by atoms with Crippen molar-refractivity contribution in [2.75, 3.05) is 13.2 Å². The number of aliphatic hydroxyl groups is 4. The van der Waals surface area contributed by atoms with Crippen LogP contribution in [0.5, 0.6) is 0 Å². The molecule has 4 N–H and O–H groups in total. The Morgan fingerprint density at radius 1 is 1.43 bits per heavy atom. The Morgan fingerprint density at radius 2 is 2.00 bits per heavy atom. The van der Waals surface area contributed by atoms with Crippen molar-refractivity contribution in [3.8, 4) is 0 Å². The molecule has 8 heteroatoms. The van der Waals surface area contributed by atoms with Gasteiger partial charge in [0.1, 0.15) is 18.8 Å². The SMILES string of the molecule is [N-]=[N+]=NC[C@H](O)[C@@H](O)[C@H](O)C(=O)CO. The maximum absolute atomic E-state index is 10.7. The fourth-order valence-corrected chi connectivity index (χ4v) is 0.723. The van der Waals surface area contributed by atoms with Gasteiger partial charge >= 0.3 is 0 Å². The lowest BCUT2D eigenvalue weighted by Crippen LogP contribution is -2.44. The minimum atomic E-state index is -1.89. The molecule has 0 aliphatic heterocycles. The summed E-state index contributed by atoms with van der Waals surface area (Å²) in [6, 6.07) is 0. The standard InChI is InChI=1S/C6H11N3O5/c7-9-8-1-3(11)5(13)6(14)4(12)2-10/h3,5-6,10-11,13-14H,1-2H2/t3-,5+,6+/m0/s1. The van der Waals surface area contributed by atoms with Crippen LogP contribution in [0, 0.1) is 0 Å². The van der Waals surface area contributed by atoms with Crippen LogP contribution in [0.25, 0.3) is 10.4 Å². The Morgan fingerprint density at radius 3 is 2.43 bits per heavy atom. The number of nitrogens with zero attached hydrogens (tertiary/aromatic N) is 3. The second-order valence-electron chi connectivity index (χ2n) is 2.54. The monoisotopic (exact) mass is 205 g/mol. The van der Waals surface area contributed by atoms with Crippen LogP contribution in [-0.2, 0) is 4.79 Å². The molecular weight excluding hydrogens is 194 g/mol. The van der Waals surface area contributed by atoms with Crippen molar-refractivity contribution in [3.05, 3.63) is 10.4 Å². The van der Waals surface area contributed by atoms with E-state index in [0.29, 0.717) is 0 Å². The van der Waals surface area contributed by atoms with Crippen LogP contribution >= 0.6 is 0 Å². The first-order valence-electron chi connectivity index (χ1n) is 3.73. The van der Waals surface area contributed by atoms with Crippen LogP contribution in [-0.4, -0.2) is 57.7 Å². The van der Waals surface area contributed by atoms with Crippen molar-refractivity contribution < 1.29 is 25.2 Å². The highest BCUT2D eigenvalue weighted by Crippen LogP contribution is 2.02. The summed E-state index contributed by atoms with van der Waals surface area (Å²) in [5, 5.41) is 38.4. The van der Waals surface area contributed by atoms with E-state index in [4.69, 9.17) is 26.0 Å². The molecule has 0 saturated heterocycles. The van der Waals surface area contributed by atoms with Gasteiger partial charge in [-0.25, -0.2) is 0 Å². The van der Waals surface area contributed by atoms with Crippen LogP contribution < -0.4 is 0 Å². The van der Waals surface area contributed by atoms with Crippen LogP contribution in [0.4, 0.5) is 0 Å². The maximum Gasteiger partial charge on any atom is 0.189 e. The molecule has 0 rings (SSSR count). The zero-order chi connectivity index (χ0) is 11.1. The van der Waals surface area contributed by atoms with E-state index in [1.165, 1.54) is 0 Å². The third kappa shape index (κ3) is 3.69. The van der Waals surface area contributed by atoms with E-state index in [1.54, 1.807) is 0 Å². The Bertz CT molecular complexity index is 240. The van der Waals surface area contributed by atoms with Crippen LogP contribution in [0.3, 0.4) is 0 Å². The maximum atomic E-state index is 10.7. The molecule has 0 aliphatic rings.